The van der Waals surface area contributed by atoms with E-state index in [-0.39, 0.29) is 30.1 Å². The number of esters is 1. The van der Waals surface area contributed by atoms with Gasteiger partial charge in [-0.2, -0.15) is 0 Å². The van der Waals surface area contributed by atoms with Crippen molar-refractivity contribution >= 4 is 17.8 Å². The standard InChI is InChI=1S/C23H35N5O3/c24-15-17-5-10-21(25-16-17)27-11-13-28(14-12-27)23(30)26-19-8-6-18(7-9-19)22(29)31-20-3-1-2-4-20/h5,10,16,18-20H,1-4,6-9,11-15,24H2,(H,26,30). The van der Waals surface area contributed by atoms with Crippen molar-refractivity contribution in [3.8, 4) is 0 Å². The number of hydrogen-bond acceptors (Lipinski definition) is 6. The molecule has 1 aromatic heterocycles. The van der Waals surface area contributed by atoms with Gasteiger partial charge in [-0.3, -0.25) is 4.79 Å². The van der Waals surface area contributed by atoms with Gasteiger partial charge in [-0.05, 0) is 63.0 Å². The first-order chi connectivity index (χ1) is 15.1. The number of carbonyl (C=O) groups is 2. The Morgan fingerprint density at radius 2 is 1.74 bits per heavy atom. The van der Waals surface area contributed by atoms with Gasteiger partial charge in [-0.15, -0.1) is 0 Å². The number of nitrogens with one attached hydrogen (secondary N) is 1. The summed E-state index contributed by atoms with van der Waals surface area (Å²) in [6.07, 6.45) is 9.60. The smallest absolute Gasteiger partial charge is 0.317 e. The largest absolute Gasteiger partial charge is 0.462 e. The molecule has 31 heavy (non-hydrogen) atoms. The number of nitrogens with zero attached hydrogens (tertiary/aromatic N) is 3. The van der Waals surface area contributed by atoms with Crippen molar-refractivity contribution in [3.05, 3.63) is 23.9 Å². The van der Waals surface area contributed by atoms with E-state index in [4.69, 9.17) is 10.5 Å². The summed E-state index contributed by atoms with van der Waals surface area (Å²) in [7, 11) is 0. The van der Waals surface area contributed by atoms with Crippen LogP contribution in [0.3, 0.4) is 0 Å². The fourth-order valence-corrected chi connectivity index (χ4v) is 4.87. The first-order valence-electron chi connectivity index (χ1n) is 11.8. The summed E-state index contributed by atoms with van der Waals surface area (Å²) in [4.78, 5) is 33.7. The lowest BCUT2D eigenvalue weighted by atomic mass is 9.86. The van der Waals surface area contributed by atoms with E-state index < -0.39 is 0 Å². The van der Waals surface area contributed by atoms with Gasteiger partial charge in [0, 0.05) is 45.0 Å². The predicted molar refractivity (Wildman–Crippen MR) is 119 cm³/mol. The van der Waals surface area contributed by atoms with Crippen LogP contribution < -0.4 is 16.0 Å². The lowest BCUT2D eigenvalue weighted by Crippen LogP contribution is -2.54. The van der Waals surface area contributed by atoms with Crippen LogP contribution in [0, 0.1) is 5.92 Å². The van der Waals surface area contributed by atoms with Gasteiger partial charge in [0.25, 0.3) is 0 Å². The fraction of sp³-hybridized carbons (Fsp3) is 0.696. The second kappa shape index (κ2) is 10.3. The van der Waals surface area contributed by atoms with Gasteiger partial charge < -0.3 is 25.6 Å². The molecular formula is C23H35N5O3. The third-order valence-corrected chi connectivity index (χ3v) is 6.91. The molecule has 170 valence electrons. The first-order valence-corrected chi connectivity index (χ1v) is 11.8. The van der Waals surface area contributed by atoms with Gasteiger partial charge in [-0.1, -0.05) is 6.07 Å². The third kappa shape index (κ3) is 5.67. The van der Waals surface area contributed by atoms with Crippen LogP contribution >= 0.6 is 0 Å². The lowest BCUT2D eigenvalue weighted by molar-refractivity contribution is -0.155. The Hall–Kier alpha value is -2.35. The summed E-state index contributed by atoms with van der Waals surface area (Å²) >= 11 is 0. The Morgan fingerprint density at radius 3 is 2.35 bits per heavy atom. The van der Waals surface area contributed by atoms with E-state index in [0.717, 1.165) is 63.0 Å². The number of urea groups is 1. The topological polar surface area (TPSA) is 101 Å². The summed E-state index contributed by atoms with van der Waals surface area (Å²) in [5, 5.41) is 3.18. The molecule has 3 N–H and O–H groups in total. The number of hydrogen-bond donors (Lipinski definition) is 2. The van der Waals surface area contributed by atoms with E-state index in [1.54, 1.807) is 0 Å². The minimum absolute atomic E-state index is 0.00284. The molecule has 0 aromatic carbocycles. The molecule has 0 atom stereocenters. The molecule has 1 aliphatic heterocycles. The van der Waals surface area contributed by atoms with Crippen molar-refractivity contribution < 1.29 is 14.3 Å². The molecule has 3 aliphatic rings. The summed E-state index contributed by atoms with van der Waals surface area (Å²) in [6, 6.07) is 4.14. The summed E-state index contributed by atoms with van der Waals surface area (Å²) in [5.74, 6) is 0.899. The van der Waals surface area contributed by atoms with E-state index in [0.29, 0.717) is 19.6 Å². The molecule has 8 heteroatoms. The number of rotatable bonds is 5. The van der Waals surface area contributed by atoms with Crippen LogP contribution in [0.2, 0.25) is 0 Å². The van der Waals surface area contributed by atoms with E-state index in [1.165, 1.54) is 12.8 Å². The fourth-order valence-electron chi connectivity index (χ4n) is 4.87. The molecule has 1 aromatic rings. The zero-order chi connectivity index (χ0) is 21.6. The lowest BCUT2D eigenvalue weighted by Gasteiger charge is -2.37. The Balaban J connectivity index is 1.17. The van der Waals surface area contributed by atoms with Crippen molar-refractivity contribution in [2.75, 3.05) is 31.1 Å². The van der Waals surface area contributed by atoms with Gasteiger partial charge in [0.1, 0.15) is 11.9 Å². The average Bonchev–Trinajstić information content (AvgIpc) is 3.33. The van der Waals surface area contributed by atoms with E-state index >= 15 is 0 Å². The number of anilines is 1. The molecule has 3 fully saturated rings. The maximum Gasteiger partial charge on any atom is 0.317 e. The number of nitrogens with two attached hydrogens (primary N) is 1. The molecule has 0 spiro atoms. The van der Waals surface area contributed by atoms with Gasteiger partial charge in [0.2, 0.25) is 0 Å². The van der Waals surface area contributed by atoms with Gasteiger partial charge in [0.15, 0.2) is 0 Å². The Morgan fingerprint density at radius 1 is 1.03 bits per heavy atom. The van der Waals surface area contributed by atoms with Crippen LogP contribution in [0.15, 0.2) is 18.3 Å². The van der Waals surface area contributed by atoms with Gasteiger partial charge >= 0.3 is 12.0 Å². The van der Waals surface area contributed by atoms with Crippen molar-refractivity contribution in [3.63, 3.8) is 0 Å². The second-order valence-electron chi connectivity index (χ2n) is 9.04. The molecule has 4 rings (SSSR count). The molecule has 2 aliphatic carbocycles. The third-order valence-electron chi connectivity index (χ3n) is 6.91. The molecule has 2 saturated carbocycles. The number of carbonyl (C=O) groups excluding carboxylic acids is 2. The highest BCUT2D eigenvalue weighted by Crippen LogP contribution is 2.28. The van der Waals surface area contributed by atoms with E-state index in [9.17, 15) is 9.59 Å². The zero-order valence-corrected chi connectivity index (χ0v) is 18.3. The summed E-state index contributed by atoms with van der Waals surface area (Å²) < 4.78 is 5.67. The van der Waals surface area contributed by atoms with E-state index in [2.05, 4.69) is 15.2 Å². The molecular weight excluding hydrogens is 394 g/mol. The Bertz CT molecular complexity index is 734. The minimum Gasteiger partial charge on any atom is -0.462 e. The van der Waals surface area contributed by atoms with Crippen LogP contribution in [0.5, 0.6) is 0 Å². The van der Waals surface area contributed by atoms with Crippen LogP contribution in [0.25, 0.3) is 0 Å². The zero-order valence-electron chi connectivity index (χ0n) is 18.3. The number of piperazine rings is 1. The van der Waals surface area contributed by atoms with Gasteiger partial charge in [0.05, 0.1) is 5.92 Å². The van der Waals surface area contributed by atoms with Crippen molar-refractivity contribution in [2.45, 2.75) is 70.1 Å². The monoisotopic (exact) mass is 429 g/mol. The molecule has 2 amide bonds. The minimum atomic E-state index is -0.0269. The van der Waals surface area contributed by atoms with Crippen LogP contribution in [-0.2, 0) is 16.1 Å². The highest BCUT2D eigenvalue weighted by atomic mass is 16.5. The molecule has 0 radical (unpaired) electrons. The normalized spacial score (nSPS) is 24.8. The maximum absolute atomic E-state index is 12.7. The molecule has 8 nitrogen and oxygen atoms in total. The predicted octanol–water partition coefficient (Wildman–Crippen LogP) is 2.42. The second-order valence-corrected chi connectivity index (χ2v) is 9.04. The molecule has 0 bridgehead atoms. The average molecular weight is 430 g/mol. The number of ether oxygens (including phenoxy) is 1. The SMILES string of the molecule is NCc1ccc(N2CCN(C(=O)NC3CCC(C(=O)OC4CCCC4)CC3)CC2)nc1. The van der Waals surface area contributed by atoms with Crippen LogP contribution in [0.4, 0.5) is 10.6 Å². The Kier molecular flexibility index (Phi) is 7.27. The summed E-state index contributed by atoms with van der Waals surface area (Å²) in [6.45, 7) is 3.37. The first kappa shape index (κ1) is 21.9. The van der Waals surface area contributed by atoms with Crippen LogP contribution in [-0.4, -0.2) is 60.2 Å². The summed E-state index contributed by atoms with van der Waals surface area (Å²) in [5.41, 5.74) is 6.65. The number of aromatic nitrogens is 1. The quantitative estimate of drug-likeness (QED) is 0.697. The maximum atomic E-state index is 12.7. The molecule has 2 heterocycles. The van der Waals surface area contributed by atoms with Gasteiger partial charge in [-0.25, -0.2) is 9.78 Å². The van der Waals surface area contributed by atoms with Crippen molar-refractivity contribution in [1.82, 2.24) is 15.2 Å². The van der Waals surface area contributed by atoms with Crippen LogP contribution in [0.1, 0.15) is 56.9 Å². The highest BCUT2D eigenvalue weighted by Gasteiger charge is 2.31. The van der Waals surface area contributed by atoms with E-state index in [1.807, 2.05) is 23.2 Å². The Labute approximate surface area is 184 Å². The van der Waals surface area contributed by atoms with Crippen molar-refractivity contribution in [1.29, 1.82) is 0 Å². The number of amides is 2. The number of pyridine rings is 1. The van der Waals surface area contributed by atoms with Crippen molar-refractivity contribution in [2.24, 2.45) is 11.7 Å². The molecule has 0 unspecified atom stereocenters. The molecule has 1 saturated heterocycles. The highest BCUT2D eigenvalue weighted by molar-refractivity contribution is 5.75.